The Bertz CT molecular complexity index is 1290. The quantitative estimate of drug-likeness (QED) is 0.443. The minimum Gasteiger partial charge on any atom is -0.379 e. The van der Waals surface area contributed by atoms with Gasteiger partial charge in [-0.2, -0.15) is 5.10 Å². The van der Waals surface area contributed by atoms with E-state index in [2.05, 4.69) is 40.9 Å². The van der Waals surface area contributed by atoms with E-state index in [0.29, 0.717) is 25.1 Å². The van der Waals surface area contributed by atoms with Crippen LogP contribution in [0.4, 0.5) is 10.3 Å². The highest BCUT2D eigenvalue weighted by Crippen LogP contribution is 2.37. The predicted octanol–water partition coefficient (Wildman–Crippen LogP) is 4.26. The average molecular weight is 464 g/mol. The van der Waals surface area contributed by atoms with Crippen LogP contribution in [-0.2, 0) is 11.3 Å². The van der Waals surface area contributed by atoms with Gasteiger partial charge in [0.1, 0.15) is 17.0 Å². The number of nitrogens with two attached hydrogens (primary N) is 1. The van der Waals surface area contributed by atoms with Crippen LogP contribution in [0.1, 0.15) is 32.5 Å². The maximum absolute atomic E-state index is 13.6. The Labute approximate surface area is 198 Å². The molecule has 3 aromatic heterocycles. The van der Waals surface area contributed by atoms with Crippen LogP contribution in [0, 0.1) is 11.7 Å². The van der Waals surface area contributed by atoms with Gasteiger partial charge in [-0.25, -0.2) is 14.4 Å². The number of aromatic amines is 1. The molecule has 9 heteroatoms. The van der Waals surface area contributed by atoms with Gasteiger partial charge < -0.3 is 10.5 Å². The highest BCUT2D eigenvalue weighted by molar-refractivity contribution is 5.85. The molecule has 0 amide bonds. The molecule has 0 spiro atoms. The number of aromatic nitrogens is 5. The standard InChI is InChI=1S/C25H30FN7O/c1-15(2)14-33-24-20(29-25(33)27)9-8-19(28-24)21-22(16(3)32-10-12-34-13-11-32)30-31-23(21)17-4-6-18(26)7-5-17/h4-9,15-16H,10-14H2,1-3H3,(H2,27,29)(H,30,31). The van der Waals surface area contributed by atoms with Crippen molar-refractivity contribution in [1.29, 1.82) is 0 Å². The minimum atomic E-state index is -0.282. The Morgan fingerprint density at radius 2 is 1.79 bits per heavy atom. The zero-order valence-corrected chi connectivity index (χ0v) is 19.8. The van der Waals surface area contributed by atoms with E-state index >= 15 is 0 Å². The summed E-state index contributed by atoms with van der Waals surface area (Å²) in [6, 6.07) is 10.4. The number of nitrogens with zero attached hydrogens (tertiary/aromatic N) is 5. The van der Waals surface area contributed by atoms with Gasteiger partial charge >= 0.3 is 0 Å². The second kappa shape index (κ2) is 9.15. The van der Waals surface area contributed by atoms with Crippen molar-refractivity contribution in [3.63, 3.8) is 0 Å². The first-order valence-corrected chi connectivity index (χ1v) is 11.7. The summed E-state index contributed by atoms with van der Waals surface area (Å²) < 4.78 is 21.2. The lowest BCUT2D eigenvalue weighted by atomic mass is 9.99. The fourth-order valence-corrected chi connectivity index (χ4v) is 4.58. The van der Waals surface area contributed by atoms with Crippen LogP contribution in [-0.4, -0.2) is 55.9 Å². The predicted molar refractivity (Wildman–Crippen MR) is 131 cm³/mol. The van der Waals surface area contributed by atoms with E-state index < -0.39 is 0 Å². The van der Waals surface area contributed by atoms with E-state index in [9.17, 15) is 4.39 Å². The summed E-state index contributed by atoms with van der Waals surface area (Å²) in [5, 5.41) is 7.94. The molecule has 1 atom stereocenters. The van der Waals surface area contributed by atoms with Crippen molar-refractivity contribution in [3.8, 4) is 22.5 Å². The lowest BCUT2D eigenvalue weighted by molar-refractivity contribution is 0.0191. The molecule has 4 heterocycles. The van der Waals surface area contributed by atoms with Crippen molar-refractivity contribution in [2.45, 2.75) is 33.4 Å². The summed E-state index contributed by atoms with van der Waals surface area (Å²) >= 11 is 0. The Hall–Kier alpha value is -3.30. The molecule has 0 aliphatic carbocycles. The monoisotopic (exact) mass is 463 g/mol. The summed E-state index contributed by atoms with van der Waals surface area (Å²) in [4.78, 5) is 11.9. The zero-order valence-electron chi connectivity index (χ0n) is 19.8. The van der Waals surface area contributed by atoms with E-state index in [-0.39, 0.29) is 11.9 Å². The molecule has 0 radical (unpaired) electrons. The smallest absolute Gasteiger partial charge is 0.202 e. The van der Waals surface area contributed by atoms with E-state index in [4.69, 9.17) is 15.5 Å². The van der Waals surface area contributed by atoms with Gasteiger partial charge in [-0.05, 0) is 49.2 Å². The topological polar surface area (TPSA) is 97.9 Å². The number of benzene rings is 1. The average Bonchev–Trinajstić information content (AvgIpc) is 3.40. The molecule has 1 fully saturated rings. The molecule has 8 nitrogen and oxygen atoms in total. The molecule has 1 unspecified atom stereocenters. The van der Waals surface area contributed by atoms with E-state index in [1.165, 1.54) is 12.1 Å². The SMILES string of the molecule is CC(C)Cn1c(N)nc2ccc(-c3c(-c4ccc(F)cc4)n[nH]c3C(C)N3CCOCC3)nc21. The number of H-pyrrole nitrogens is 1. The Balaban J connectivity index is 1.67. The first kappa shape index (κ1) is 22.5. The van der Waals surface area contributed by atoms with Gasteiger partial charge in [-0.1, -0.05) is 13.8 Å². The molecule has 4 aromatic rings. The lowest BCUT2D eigenvalue weighted by Crippen LogP contribution is -2.38. The van der Waals surface area contributed by atoms with Crippen LogP contribution in [0.5, 0.6) is 0 Å². The molecular weight excluding hydrogens is 433 g/mol. The first-order chi connectivity index (χ1) is 16.4. The number of imidazole rings is 1. The molecule has 178 valence electrons. The van der Waals surface area contributed by atoms with Crippen molar-refractivity contribution < 1.29 is 9.13 Å². The number of pyridine rings is 1. The maximum atomic E-state index is 13.6. The van der Waals surface area contributed by atoms with Gasteiger partial charge in [0.25, 0.3) is 0 Å². The number of nitrogens with one attached hydrogen (secondary N) is 1. The second-order valence-corrected chi connectivity index (χ2v) is 9.21. The van der Waals surface area contributed by atoms with Crippen LogP contribution in [0.15, 0.2) is 36.4 Å². The van der Waals surface area contributed by atoms with Crippen molar-refractivity contribution in [2.24, 2.45) is 5.92 Å². The number of anilines is 1. The third-order valence-electron chi connectivity index (χ3n) is 6.35. The first-order valence-electron chi connectivity index (χ1n) is 11.7. The largest absolute Gasteiger partial charge is 0.379 e. The van der Waals surface area contributed by atoms with E-state index in [1.54, 1.807) is 12.1 Å². The van der Waals surface area contributed by atoms with Crippen molar-refractivity contribution in [1.82, 2.24) is 29.6 Å². The van der Waals surface area contributed by atoms with Gasteiger partial charge in [-0.15, -0.1) is 0 Å². The van der Waals surface area contributed by atoms with Crippen LogP contribution in [0.2, 0.25) is 0 Å². The molecule has 1 aliphatic rings. The molecule has 1 aromatic carbocycles. The van der Waals surface area contributed by atoms with Crippen molar-refractivity contribution in [2.75, 3.05) is 32.0 Å². The van der Waals surface area contributed by atoms with E-state index in [0.717, 1.165) is 59.0 Å². The van der Waals surface area contributed by atoms with Gasteiger partial charge in [0.2, 0.25) is 5.95 Å². The lowest BCUT2D eigenvalue weighted by Gasteiger charge is -2.32. The summed E-state index contributed by atoms with van der Waals surface area (Å²) in [7, 11) is 0. The molecule has 1 saturated heterocycles. The fraction of sp³-hybridized carbons (Fsp3) is 0.400. The summed E-state index contributed by atoms with van der Waals surface area (Å²) in [6.45, 7) is 10.3. The Morgan fingerprint density at radius 1 is 1.06 bits per heavy atom. The number of fused-ring (bicyclic) bond motifs is 1. The highest BCUT2D eigenvalue weighted by Gasteiger charge is 2.27. The van der Waals surface area contributed by atoms with Crippen LogP contribution < -0.4 is 5.73 Å². The molecule has 34 heavy (non-hydrogen) atoms. The molecule has 0 bridgehead atoms. The molecule has 3 N–H and O–H groups in total. The molecule has 5 rings (SSSR count). The van der Waals surface area contributed by atoms with Crippen LogP contribution >= 0.6 is 0 Å². The summed E-state index contributed by atoms with van der Waals surface area (Å²) in [6.07, 6.45) is 0. The van der Waals surface area contributed by atoms with Gasteiger partial charge in [0, 0.05) is 31.2 Å². The molecule has 1 aliphatic heterocycles. The normalized spacial score (nSPS) is 15.9. The molecule has 0 saturated carbocycles. The number of rotatable bonds is 6. The van der Waals surface area contributed by atoms with E-state index in [1.807, 2.05) is 16.7 Å². The van der Waals surface area contributed by atoms with Crippen molar-refractivity contribution in [3.05, 3.63) is 47.9 Å². The number of morpholine rings is 1. The number of nitrogen functional groups attached to an aromatic ring is 1. The number of hydrogen-bond acceptors (Lipinski definition) is 6. The molecular formula is C25H30FN7O. The Morgan fingerprint density at radius 3 is 2.50 bits per heavy atom. The van der Waals surface area contributed by atoms with Crippen LogP contribution in [0.3, 0.4) is 0 Å². The third kappa shape index (κ3) is 4.17. The number of hydrogen-bond donors (Lipinski definition) is 2. The van der Waals surface area contributed by atoms with Gasteiger partial charge in [0.05, 0.1) is 30.2 Å². The number of halogens is 1. The second-order valence-electron chi connectivity index (χ2n) is 9.21. The van der Waals surface area contributed by atoms with Crippen molar-refractivity contribution >= 4 is 17.1 Å². The number of ether oxygens (including phenoxy) is 1. The highest BCUT2D eigenvalue weighted by atomic mass is 19.1. The Kier molecular flexibility index (Phi) is 6.05. The fourth-order valence-electron chi connectivity index (χ4n) is 4.58. The summed E-state index contributed by atoms with van der Waals surface area (Å²) in [5.74, 6) is 0.572. The maximum Gasteiger partial charge on any atom is 0.202 e. The van der Waals surface area contributed by atoms with Crippen LogP contribution in [0.25, 0.3) is 33.7 Å². The van der Waals surface area contributed by atoms with Gasteiger partial charge in [-0.3, -0.25) is 14.6 Å². The van der Waals surface area contributed by atoms with Gasteiger partial charge in [0.15, 0.2) is 5.65 Å². The zero-order chi connectivity index (χ0) is 23.8. The summed E-state index contributed by atoms with van der Waals surface area (Å²) in [5.41, 5.74) is 11.9. The third-order valence-corrected chi connectivity index (χ3v) is 6.35. The minimum absolute atomic E-state index is 0.0729.